The zero-order chi connectivity index (χ0) is 23.9. The topological polar surface area (TPSA) is 86.8 Å². The standard InChI is InChI=1S/C24H29F2N3O4.ClH/c1-13(2)33-24(31)17-12-29(15-6-7-15)20-16(22(17)30)9-18(25)21(23(20)32-3)28-8-4-5-14(11-28)19(26)10-27;/h9,12-13,15H,4-8,10-11,27H2,1-3H3;1H/b19-14+;. The molecule has 0 atom stereocenters. The Labute approximate surface area is 202 Å². The third kappa shape index (κ3) is 4.77. The fourth-order valence-electron chi connectivity index (χ4n) is 4.42. The number of fused-ring (bicyclic) bond motifs is 1. The number of carbonyl (C=O) groups excluding carboxylic acids is 1. The maximum Gasteiger partial charge on any atom is 0.343 e. The number of carbonyl (C=O) groups is 1. The molecule has 2 aliphatic rings. The molecule has 186 valence electrons. The van der Waals surface area contributed by atoms with E-state index >= 15 is 4.39 Å². The second-order valence-electron chi connectivity index (χ2n) is 8.84. The summed E-state index contributed by atoms with van der Waals surface area (Å²) in [6.45, 7) is 3.89. The molecule has 2 fully saturated rings. The van der Waals surface area contributed by atoms with Gasteiger partial charge in [0, 0.05) is 31.9 Å². The third-order valence-electron chi connectivity index (χ3n) is 6.07. The van der Waals surface area contributed by atoms with Gasteiger partial charge in [-0.1, -0.05) is 0 Å². The van der Waals surface area contributed by atoms with Gasteiger partial charge in [0.15, 0.2) is 11.6 Å². The minimum Gasteiger partial charge on any atom is -0.492 e. The first-order chi connectivity index (χ1) is 15.8. The Bertz CT molecular complexity index is 1190. The van der Waals surface area contributed by atoms with Crippen LogP contribution in [0.15, 0.2) is 28.5 Å². The van der Waals surface area contributed by atoms with E-state index in [2.05, 4.69) is 0 Å². The molecule has 1 aliphatic carbocycles. The molecule has 4 rings (SSSR count). The zero-order valence-electron chi connectivity index (χ0n) is 19.5. The van der Waals surface area contributed by atoms with Crippen LogP contribution in [0.4, 0.5) is 14.5 Å². The molecule has 2 aromatic rings. The van der Waals surface area contributed by atoms with Gasteiger partial charge in [0.2, 0.25) is 5.43 Å². The fraction of sp³-hybridized carbons (Fsp3) is 0.500. The molecule has 0 unspecified atom stereocenters. The van der Waals surface area contributed by atoms with Crippen LogP contribution in [0.3, 0.4) is 0 Å². The summed E-state index contributed by atoms with van der Waals surface area (Å²) >= 11 is 0. The number of ether oxygens (including phenoxy) is 2. The first-order valence-corrected chi connectivity index (χ1v) is 11.2. The highest BCUT2D eigenvalue weighted by atomic mass is 35.5. The number of esters is 1. The third-order valence-corrected chi connectivity index (χ3v) is 6.07. The van der Waals surface area contributed by atoms with Gasteiger partial charge in [-0.2, -0.15) is 0 Å². The molecule has 0 spiro atoms. The average molecular weight is 498 g/mol. The maximum absolute atomic E-state index is 15.5. The van der Waals surface area contributed by atoms with Gasteiger partial charge in [0.25, 0.3) is 0 Å². The van der Waals surface area contributed by atoms with E-state index in [9.17, 15) is 14.0 Å². The minimum atomic E-state index is -0.738. The van der Waals surface area contributed by atoms with Crippen molar-refractivity contribution in [2.24, 2.45) is 5.73 Å². The number of piperidine rings is 1. The number of rotatable bonds is 6. The molecule has 1 aromatic carbocycles. The van der Waals surface area contributed by atoms with Crippen LogP contribution in [-0.2, 0) is 4.74 Å². The van der Waals surface area contributed by atoms with Gasteiger partial charge in [-0.25, -0.2) is 13.6 Å². The highest BCUT2D eigenvalue weighted by molar-refractivity contribution is 5.97. The van der Waals surface area contributed by atoms with Crippen molar-refractivity contribution >= 4 is 35.0 Å². The number of hydrogen-bond acceptors (Lipinski definition) is 6. The first kappa shape index (κ1) is 26.0. The summed E-state index contributed by atoms with van der Waals surface area (Å²) in [5.74, 6) is -1.59. The van der Waals surface area contributed by atoms with Crippen LogP contribution in [0.1, 0.15) is 55.9 Å². The van der Waals surface area contributed by atoms with E-state index in [0.29, 0.717) is 30.5 Å². The Morgan fingerprint density at radius 1 is 1.32 bits per heavy atom. The monoisotopic (exact) mass is 497 g/mol. The van der Waals surface area contributed by atoms with Gasteiger partial charge in [-0.3, -0.25) is 4.79 Å². The van der Waals surface area contributed by atoms with E-state index in [1.165, 1.54) is 13.3 Å². The van der Waals surface area contributed by atoms with E-state index < -0.39 is 23.3 Å². The lowest BCUT2D eigenvalue weighted by Gasteiger charge is -2.33. The Morgan fingerprint density at radius 2 is 2.03 bits per heavy atom. The predicted octanol–water partition coefficient (Wildman–Crippen LogP) is 4.25. The Kier molecular flexibility index (Phi) is 7.88. The van der Waals surface area contributed by atoms with Gasteiger partial charge in [-0.15, -0.1) is 12.4 Å². The summed E-state index contributed by atoms with van der Waals surface area (Å²) < 4.78 is 42.4. The highest BCUT2D eigenvalue weighted by Crippen LogP contribution is 2.44. The van der Waals surface area contributed by atoms with Crippen molar-refractivity contribution in [3.63, 3.8) is 0 Å². The number of hydrogen-bond donors (Lipinski definition) is 1. The van der Waals surface area contributed by atoms with Crippen molar-refractivity contribution in [3.8, 4) is 5.75 Å². The lowest BCUT2D eigenvalue weighted by atomic mass is 10.0. The molecule has 1 saturated carbocycles. The van der Waals surface area contributed by atoms with Crippen molar-refractivity contribution < 1.29 is 23.0 Å². The number of aromatic nitrogens is 1. The second kappa shape index (κ2) is 10.3. The lowest BCUT2D eigenvalue weighted by molar-refractivity contribution is 0.0375. The van der Waals surface area contributed by atoms with Gasteiger partial charge < -0.3 is 24.7 Å². The van der Waals surface area contributed by atoms with E-state index in [1.54, 1.807) is 18.7 Å². The van der Waals surface area contributed by atoms with Gasteiger partial charge in [0.05, 0.1) is 24.1 Å². The van der Waals surface area contributed by atoms with Crippen LogP contribution < -0.4 is 20.8 Å². The molecular formula is C24H30ClF2N3O4. The van der Waals surface area contributed by atoms with E-state index in [0.717, 1.165) is 18.9 Å². The maximum atomic E-state index is 15.5. The molecule has 1 aliphatic heterocycles. The molecule has 7 nitrogen and oxygen atoms in total. The fourth-order valence-corrected chi connectivity index (χ4v) is 4.42. The number of methoxy groups -OCH3 is 1. The van der Waals surface area contributed by atoms with Crippen molar-refractivity contribution in [2.45, 2.75) is 51.7 Å². The zero-order valence-corrected chi connectivity index (χ0v) is 20.3. The van der Waals surface area contributed by atoms with E-state index in [-0.39, 0.29) is 59.8 Å². The predicted molar refractivity (Wildman–Crippen MR) is 129 cm³/mol. The summed E-state index contributed by atoms with van der Waals surface area (Å²) in [6, 6.07) is 1.22. The lowest BCUT2D eigenvalue weighted by Crippen LogP contribution is -2.33. The molecule has 34 heavy (non-hydrogen) atoms. The van der Waals surface area contributed by atoms with Crippen molar-refractivity contribution in [3.05, 3.63) is 45.3 Å². The largest absolute Gasteiger partial charge is 0.492 e. The summed E-state index contributed by atoms with van der Waals surface area (Å²) in [4.78, 5) is 27.5. The van der Waals surface area contributed by atoms with Gasteiger partial charge in [-0.05, 0) is 51.2 Å². The molecular weight excluding hydrogens is 468 g/mol. The summed E-state index contributed by atoms with van der Waals surface area (Å²) in [6.07, 6.45) is 4.03. The Morgan fingerprint density at radius 3 is 2.62 bits per heavy atom. The Balaban J connectivity index is 0.00000324. The van der Waals surface area contributed by atoms with E-state index in [4.69, 9.17) is 15.2 Å². The van der Waals surface area contributed by atoms with Crippen LogP contribution in [0, 0.1) is 5.82 Å². The van der Waals surface area contributed by atoms with Gasteiger partial charge in [0.1, 0.15) is 17.1 Å². The van der Waals surface area contributed by atoms with Crippen molar-refractivity contribution in [2.75, 3.05) is 31.6 Å². The van der Waals surface area contributed by atoms with Crippen LogP contribution >= 0.6 is 12.4 Å². The molecule has 2 heterocycles. The molecule has 0 amide bonds. The normalized spacial score (nSPS) is 17.6. The van der Waals surface area contributed by atoms with E-state index in [1.807, 2.05) is 4.57 Å². The first-order valence-electron chi connectivity index (χ1n) is 11.2. The molecule has 0 bridgehead atoms. The average Bonchev–Trinajstić information content (AvgIpc) is 3.63. The number of nitrogens with two attached hydrogens (primary N) is 1. The van der Waals surface area contributed by atoms with Crippen LogP contribution in [-0.4, -0.2) is 43.4 Å². The number of halogens is 3. The molecule has 1 aromatic heterocycles. The second-order valence-corrected chi connectivity index (χ2v) is 8.84. The van der Waals surface area contributed by atoms with Crippen LogP contribution in [0.5, 0.6) is 5.75 Å². The number of nitrogens with zero attached hydrogens (tertiary/aromatic N) is 2. The van der Waals surface area contributed by atoms with Crippen molar-refractivity contribution in [1.29, 1.82) is 0 Å². The minimum absolute atomic E-state index is 0. The smallest absolute Gasteiger partial charge is 0.343 e. The summed E-state index contributed by atoms with van der Waals surface area (Å²) in [5, 5.41) is 0.0547. The van der Waals surface area contributed by atoms with Crippen LogP contribution in [0.2, 0.25) is 0 Å². The SMILES string of the molecule is COc1c(N2CCC/C(=C(\F)CN)C2)c(F)cc2c(=O)c(C(=O)OC(C)C)cn(C3CC3)c12.Cl. The summed E-state index contributed by atoms with van der Waals surface area (Å²) in [5.41, 5.74) is 5.87. The quantitative estimate of drug-likeness (QED) is 0.600. The molecule has 2 N–H and O–H groups in total. The molecule has 10 heteroatoms. The van der Waals surface area contributed by atoms with Crippen LogP contribution in [0.25, 0.3) is 10.9 Å². The van der Waals surface area contributed by atoms with Gasteiger partial charge >= 0.3 is 5.97 Å². The molecule has 1 saturated heterocycles. The Hall–Kier alpha value is -2.65. The van der Waals surface area contributed by atoms with Crippen molar-refractivity contribution in [1.82, 2.24) is 4.57 Å². The highest BCUT2D eigenvalue weighted by Gasteiger charge is 2.32. The number of benzene rings is 1. The number of pyridine rings is 1. The molecule has 0 radical (unpaired) electrons. The number of anilines is 1. The summed E-state index contributed by atoms with van der Waals surface area (Å²) in [7, 11) is 1.42.